The Balaban J connectivity index is 1.35. The standard InChI is InChI=1S/C21H22N4O3/c1-14-4-6-15(7-5-14)19-22-21(25-24-19)23-20(26)16-8-10-17(11-9-16)28-13-18-3-2-12-27-18/h4-11,18H,2-3,12-13H2,1H3,(H2,22,23,24,25,26)/t18-/m1/s1. The molecule has 4 rings (SSSR count). The van der Waals surface area contributed by atoms with Crippen molar-refractivity contribution in [3.05, 3.63) is 59.7 Å². The summed E-state index contributed by atoms with van der Waals surface area (Å²) in [4.78, 5) is 16.7. The van der Waals surface area contributed by atoms with Crippen molar-refractivity contribution in [2.45, 2.75) is 25.9 Å². The molecule has 1 amide bonds. The molecule has 2 heterocycles. The lowest BCUT2D eigenvalue weighted by atomic mass is 10.1. The molecule has 1 saturated heterocycles. The van der Waals surface area contributed by atoms with Gasteiger partial charge in [-0.2, -0.15) is 4.98 Å². The Hall–Kier alpha value is -3.19. The first kappa shape index (κ1) is 18.2. The van der Waals surface area contributed by atoms with Crippen LogP contribution in [0.4, 0.5) is 5.95 Å². The molecule has 0 spiro atoms. The molecular weight excluding hydrogens is 356 g/mol. The van der Waals surface area contributed by atoms with Crippen LogP contribution >= 0.6 is 0 Å². The number of hydrogen-bond acceptors (Lipinski definition) is 5. The summed E-state index contributed by atoms with van der Waals surface area (Å²) in [5.74, 6) is 1.28. The van der Waals surface area contributed by atoms with Crippen molar-refractivity contribution < 1.29 is 14.3 Å². The molecule has 3 aromatic rings. The molecule has 7 nitrogen and oxygen atoms in total. The van der Waals surface area contributed by atoms with Gasteiger partial charge >= 0.3 is 0 Å². The number of aromatic nitrogens is 3. The second-order valence-corrected chi connectivity index (χ2v) is 6.80. The summed E-state index contributed by atoms with van der Waals surface area (Å²) in [7, 11) is 0. The lowest BCUT2D eigenvalue weighted by Crippen LogP contribution is -2.16. The van der Waals surface area contributed by atoms with Crippen LogP contribution in [0.25, 0.3) is 11.4 Å². The summed E-state index contributed by atoms with van der Waals surface area (Å²) in [6.45, 7) is 3.36. The molecule has 2 N–H and O–H groups in total. The molecule has 1 aromatic heterocycles. The molecule has 0 bridgehead atoms. The van der Waals surface area contributed by atoms with Crippen molar-refractivity contribution in [1.82, 2.24) is 15.2 Å². The molecule has 28 heavy (non-hydrogen) atoms. The number of H-pyrrole nitrogens is 1. The quantitative estimate of drug-likeness (QED) is 0.684. The van der Waals surface area contributed by atoms with Gasteiger partial charge in [-0.25, -0.2) is 0 Å². The van der Waals surface area contributed by atoms with E-state index in [1.165, 1.54) is 5.56 Å². The largest absolute Gasteiger partial charge is 0.491 e. The molecule has 1 atom stereocenters. The Morgan fingerprint density at radius 3 is 2.71 bits per heavy atom. The highest BCUT2D eigenvalue weighted by Crippen LogP contribution is 2.19. The van der Waals surface area contributed by atoms with Crippen molar-refractivity contribution in [1.29, 1.82) is 0 Å². The van der Waals surface area contributed by atoms with E-state index in [1.807, 2.05) is 31.2 Å². The van der Waals surface area contributed by atoms with Crippen LogP contribution in [0.1, 0.15) is 28.8 Å². The van der Waals surface area contributed by atoms with Crippen LogP contribution in [0.5, 0.6) is 5.75 Å². The van der Waals surface area contributed by atoms with E-state index in [2.05, 4.69) is 20.5 Å². The molecular formula is C21H22N4O3. The molecule has 7 heteroatoms. The molecule has 1 aliphatic rings. The Bertz CT molecular complexity index is 929. The third-order valence-corrected chi connectivity index (χ3v) is 4.61. The Kier molecular flexibility index (Phi) is 5.34. The number of aryl methyl sites for hydroxylation is 1. The van der Waals surface area contributed by atoms with Gasteiger partial charge in [-0.15, -0.1) is 5.10 Å². The summed E-state index contributed by atoms with van der Waals surface area (Å²) < 4.78 is 11.3. The maximum absolute atomic E-state index is 12.4. The molecule has 1 aliphatic heterocycles. The fraction of sp³-hybridized carbons (Fsp3) is 0.286. The van der Waals surface area contributed by atoms with E-state index in [0.717, 1.165) is 25.0 Å². The fourth-order valence-corrected chi connectivity index (χ4v) is 3.00. The van der Waals surface area contributed by atoms with E-state index in [-0.39, 0.29) is 18.0 Å². The van der Waals surface area contributed by atoms with Gasteiger partial charge in [0, 0.05) is 17.7 Å². The van der Waals surface area contributed by atoms with Gasteiger partial charge in [-0.05, 0) is 44.0 Å². The maximum atomic E-state index is 12.4. The van der Waals surface area contributed by atoms with Gasteiger partial charge in [0.05, 0.1) is 6.10 Å². The van der Waals surface area contributed by atoms with Crippen molar-refractivity contribution in [3.8, 4) is 17.1 Å². The number of amides is 1. The van der Waals surface area contributed by atoms with E-state index in [1.54, 1.807) is 24.3 Å². The number of anilines is 1. The van der Waals surface area contributed by atoms with Gasteiger partial charge in [0.15, 0.2) is 5.82 Å². The van der Waals surface area contributed by atoms with Crippen LogP contribution < -0.4 is 10.1 Å². The fourth-order valence-electron chi connectivity index (χ4n) is 3.00. The average Bonchev–Trinajstić information content (AvgIpc) is 3.39. The Morgan fingerprint density at radius 2 is 2.00 bits per heavy atom. The van der Waals surface area contributed by atoms with Gasteiger partial charge < -0.3 is 9.47 Å². The summed E-state index contributed by atoms with van der Waals surface area (Å²) in [6, 6.07) is 14.9. The minimum Gasteiger partial charge on any atom is -0.491 e. The zero-order valence-electron chi connectivity index (χ0n) is 15.6. The van der Waals surface area contributed by atoms with Crippen LogP contribution in [-0.4, -0.2) is 40.4 Å². The Labute approximate surface area is 163 Å². The van der Waals surface area contributed by atoms with Gasteiger partial charge in [0.25, 0.3) is 5.91 Å². The lowest BCUT2D eigenvalue weighted by Gasteiger charge is -2.11. The van der Waals surface area contributed by atoms with Crippen LogP contribution in [0.15, 0.2) is 48.5 Å². The van der Waals surface area contributed by atoms with E-state index in [9.17, 15) is 4.79 Å². The number of nitrogens with zero attached hydrogens (tertiary/aromatic N) is 2. The predicted octanol–water partition coefficient (Wildman–Crippen LogP) is 3.59. The van der Waals surface area contributed by atoms with E-state index in [0.29, 0.717) is 23.7 Å². The van der Waals surface area contributed by atoms with Crippen LogP contribution in [0.3, 0.4) is 0 Å². The second kappa shape index (κ2) is 8.22. The van der Waals surface area contributed by atoms with E-state index in [4.69, 9.17) is 9.47 Å². The van der Waals surface area contributed by atoms with E-state index < -0.39 is 0 Å². The molecule has 0 aliphatic carbocycles. The minimum absolute atomic E-state index is 0.163. The number of aromatic amines is 1. The van der Waals surface area contributed by atoms with Crippen molar-refractivity contribution >= 4 is 11.9 Å². The summed E-state index contributed by atoms with van der Waals surface area (Å²) in [5.41, 5.74) is 2.58. The first-order valence-corrected chi connectivity index (χ1v) is 9.32. The summed E-state index contributed by atoms with van der Waals surface area (Å²) >= 11 is 0. The van der Waals surface area contributed by atoms with Crippen molar-refractivity contribution in [2.24, 2.45) is 0 Å². The molecule has 144 valence electrons. The second-order valence-electron chi connectivity index (χ2n) is 6.80. The molecule has 0 saturated carbocycles. The number of ether oxygens (including phenoxy) is 2. The molecule has 2 aromatic carbocycles. The third-order valence-electron chi connectivity index (χ3n) is 4.61. The van der Waals surface area contributed by atoms with Gasteiger partial charge in [-0.3, -0.25) is 15.2 Å². The topological polar surface area (TPSA) is 89.1 Å². The van der Waals surface area contributed by atoms with Crippen molar-refractivity contribution in [2.75, 3.05) is 18.5 Å². The highest BCUT2D eigenvalue weighted by Gasteiger charge is 2.16. The number of rotatable bonds is 6. The monoisotopic (exact) mass is 378 g/mol. The van der Waals surface area contributed by atoms with Crippen LogP contribution in [0, 0.1) is 6.92 Å². The smallest absolute Gasteiger partial charge is 0.258 e. The highest BCUT2D eigenvalue weighted by molar-refractivity contribution is 6.03. The first-order valence-electron chi connectivity index (χ1n) is 9.32. The molecule has 1 fully saturated rings. The minimum atomic E-state index is -0.278. The normalized spacial score (nSPS) is 16.1. The van der Waals surface area contributed by atoms with E-state index >= 15 is 0 Å². The molecule has 0 radical (unpaired) electrons. The summed E-state index contributed by atoms with van der Waals surface area (Å²) in [6.07, 6.45) is 2.28. The third kappa shape index (κ3) is 4.37. The van der Waals surface area contributed by atoms with Gasteiger partial charge in [0.1, 0.15) is 12.4 Å². The van der Waals surface area contributed by atoms with Crippen LogP contribution in [0.2, 0.25) is 0 Å². The Morgan fingerprint density at radius 1 is 1.21 bits per heavy atom. The predicted molar refractivity (Wildman–Crippen MR) is 105 cm³/mol. The zero-order chi connectivity index (χ0) is 19.3. The van der Waals surface area contributed by atoms with Crippen LogP contribution in [-0.2, 0) is 4.74 Å². The molecule has 0 unspecified atom stereocenters. The first-order chi connectivity index (χ1) is 13.7. The number of hydrogen-bond donors (Lipinski definition) is 2. The maximum Gasteiger partial charge on any atom is 0.258 e. The SMILES string of the molecule is Cc1ccc(-c2nc(NC(=O)c3ccc(OC[C@H]4CCCO4)cc3)n[nH]2)cc1. The number of benzene rings is 2. The number of carbonyl (C=O) groups excluding carboxylic acids is 1. The zero-order valence-corrected chi connectivity index (χ0v) is 15.6. The average molecular weight is 378 g/mol. The van der Waals surface area contributed by atoms with Gasteiger partial charge in [0.2, 0.25) is 5.95 Å². The van der Waals surface area contributed by atoms with Crippen molar-refractivity contribution in [3.63, 3.8) is 0 Å². The summed E-state index contributed by atoms with van der Waals surface area (Å²) in [5, 5.41) is 9.61. The number of carbonyl (C=O) groups is 1. The highest BCUT2D eigenvalue weighted by atomic mass is 16.5. The lowest BCUT2D eigenvalue weighted by molar-refractivity contribution is 0.0679. The number of nitrogens with one attached hydrogen (secondary N) is 2. The van der Waals surface area contributed by atoms with Gasteiger partial charge in [-0.1, -0.05) is 29.8 Å².